The van der Waals surface area contributed by atoms with Gasteiger partial charge in [0.1, 0.15) is 13.2 Å². The molecule has 0 heterocycles. The van der Waals surface area contributed by atoms with Gasteiger partial charge < -0.3 is 14.2 Å². The van der Waals surface area contributed by atoms with Crippen molar-refractivity contribution in [2.45, 2.75) is 329 Å². The Labute approximate surface area is 393 Å². The smallest absolute Gasteiger partial charge is 0.306 e. The van der Waals surface area contributed by atoms with Gasteiger partial charge in [0.05, 0.1) is 0 Å². The molecule has 0 aromatic rings. The Balaban J connectivity index is 4.26. The highest BCUT2D eigenvalue weighted by Crippen LogP contribution is 2.18. The molecule has 0 saturated carbocycles. The van der Waals surface area contributed by atoms with Gasteiger partial charge in [0, 0.05) is 19.3 Å². The summed E-state index contributed by atoms with van der Waals surface area (Å²) in [6, 6.07) is 0. The van der Waals surface area contributed by atoms with E-state index in [1.165, 1.54) is 218 Å². The van der Waals surface area contributed by atoms with Gasteiger partial charge in [0.25, 0.3) is 0 Å². The van der Waals surface area contributed by atoms with Gasteiger partial charge in [-0.25, -0.2) is 0 Å². The van der Waals surface area contributed by atoms with Gasteiger partial charge in [-0.3, -0.25) is 14.4 Å². The van der Waals surface area contributed by atoms with Crippen molar-refractivity contribution < 1.29 is 28.6 Å². The average Bonchev–Trinajstić information content (AvgIpc) is 3.27. The zero-order valence-electron chi connectivity index (χ0n) is 43.0. The molecule has 6 heteroatoms. The van der Waals surface area contributed by atoms with Crippen molar-refractivity contribution in [1.29, 1.82) is 0 Å². The van der Waals surface area contributed by atoms with Gasteiger partial charge in [-0.2, -0.15) is 0 Å². The fraction of sp³-hybridized carbons (Fsp3) is 0.947. The second-order valence-electron chi connectivity index (χ2n) is 20.1. The number of carbonyl (C=O) groups excluding carboxylic acids is 3. The van der Waals surface area contributed by atoms with Crippen LogP contribution in [0, 0.1) is 5.92 Å². The van der Waals surface area contributed by atoms with E-state index >= 15 is 0 Å². The molecule has 63 heavy (non-hydrogen) atoms. The van der Waals surface area contributed by atoms with Gasteiger partial charge >= 0.3 is 17.9 Å². The predicted molar refractivity (Wildman–Crippen MR) is 270 cm³/mol. The lowest BCUT2D eigenvalue weighted by Gasteiger charge is -2.18. The van der Waals surface area contributed by atoms with E-state index in [-0.39, 0.29) is 31.1 Å². The lowest BCUT2D eigenvalue weighted by atomic mass is 10.0. The van der Waals surface area contributed by atoms with Crippen LogP contribution in [0.5, 0.6) is 0 Å². The monoisotopic (exact) mass is 891 g/mol. The highest BCUT2D eigenvalue weighted by molar-refractivity contribution is 5.71. The van der Waals surface area contributed by atoms with Crippen molar-refractivity contribution in [3.63, 3.8) is 0 Å². The predicted octanol–water partition coefficient (Wildman–Crippen LogP) is 18.6. The first-order valence-electron chi connectivity index (χ1n) is 28.4. The molecular weight excluding hydrogens is 781 g/mol. The minimum atomic E-state index is -0.761. The number of unbranched alkanes of at least 4 members (excludes halogenated alkanes) is 39. The summed E-state index contributed by atoms with van der Waals surface area (Å²) in [7, 11) is 0. The summed E-state index contributed by atoms with van der Waals surface area (Å²) in [5.41, 5.74) is 0. The first-order chi connectivity index (χ1) is 30.9. The molecule has 0 aromatic heterocycles. The van der Waals surface area contributed by atoms with E-state index in [4.69, 9.17) is 14.2 Å². The van der Waals surface area contributed by atoms with Crippen LogP contribution in [0.15, 0.2) is 0 Å². The quantitative estimate of drug-likeness (QED) is 0.0344. The van der Waals surface area contributed by atoms with Crippen LogP contribution in [0.3, 0.4) is 0 Å². The van der Waals surface area contributed by atoms with Gasteiger partial charge in [0.2, 0.25) is 0 Å². The highest BCUT2D eigenvalue weighted by atomic mass is 16.6. The summed E-state index contributed by atoms with van der Waals surface area (Å²) in [4.78, 5) is 38.1. The molecule has 0 amide bonds. The van der Waals surface area contributed by atoms with Crippen LogP contribution in [-0.4, -0.2) is 37.2 Å². The Kier molecular flexibility index (Phi) is 50.1. The number of carbonyl (C=O) groups is 3. The summed E-state index contributed by atoms with van der Waals surface area (Å²) < 4.78 is 16.9. The maximum atomic E-state index is 12.8. The second-order valence-corrected chi connectivity index (χ2v) is 20.1. The molecule has 374 valence electrons. The second kappa shape index (κ2) is 51.4. The Morgan fingerprint density at radius 1 is 0.302 bits per heavy atom. The molecule has 0 unspecified atom stereocenters. The van der Waals surface area contributed by atoms with Crippen molar-refractivity contribution in [3.05, 3.63) is 0 Å². The topological polar surface area (TPSA) is 78.9 Å². The number of hydrogen-bond acceptors (Lipinski definition) is 6. The molecule has 0 aromatic carbocycles. The summed E-state index contributed by atoms with van der Waals surface area (Å²) >= 11 is 0. The Bertz CT molecular complexity index is 949. The Morgan fingerprint density at radius 2 is 0.524 bits per heavy atom. The van der Waals surface area contributed by atoms with Gasteiger partial charge in [0.15, 0.2) is 6.10 Å². The highest BCUT2D eigenvalue weighted by Gasteiger charge is 2.19. The largest absolute Gasteiger partial charge is 0.462 e. The number of rotatable bonds is 52. The fourth-order valence-electron chi connectivity index (χ4n) is 8.75. The average molecular weight is 892 g/mol. The van der Waals surface area contributed by atoms with Crippen molar-refractivity contribution >= 4 is 17.9 Å². The molecule has 0 radical (unpaired) electrons. The van der Waals surface area contributed by atoms with Crippen LogP contribution >= 0.6 is 0 Å². The third-order valence-electron chi connectivity index (χ3n) is 13.0. The van der Waals surface area contributed by atoms with Crippen molar-refractivity contribution in [2.24, 2.45) is 5.92 Å². The maximum Gasteiger partial charge on any atom is 0.306 e. The number of ether oxygens (including phenoxy) is 3. The molecule has 0 N–H and O–H groups in total. The zero-order valence-corrected chi connectivity index (χ0v) is 43.0. The first-order valence-corrected chi connectivity index (χ1v) is 28.4. The summed E-state index contributed by atoms with van der Waals surface area (Å²) in [5, 5.41) is 0. The summed E-state index contributed by atoms with van der Waals surface area (Å²) in [5.74, 6) is 0.00732. The van der Waals surface area contributed by atoms with E-state index in [9.17, 15) is 14.4 Å². The van der Waals surface area contributed by atoms with E-state index in [2.05, 4.69) is 27.7 Å². The van der Waals surface area contributed by atoms with Gasteiger partial charge in [-0.05, 0) is 25.2 Å². The van der Waals surface area contributed by atoms with E-state index in [0.29, 0.717) is 19.3 Å². The van der Waals surface area contributed by atoms with E-state index in [1.54, 1.807) is 0 Å². The minimum absolute atomic E-state index is 0.0620. The molecule has 0 aliphatic heterocycles. The van der Waals surface area contributed by atoms with Crippen LogP contribution in [-0.2, 0) is 28.6 Å². The molecule has 0 aliphatic rings. The third-order valence-corrected chi connectivity index (χ3v) is 13.0. The van der Waals surface area contributed by atoms with Crippen LogP contribution in [0.25, 0.3) is 0 Å². The van der Waals surface area contributed by atoms with Crippen molar-refractivity contribution in [2.75, 3.05) is 13.2 Å². The molecule has 0 aliphatic carbocycles. The van der Waals surface area contributed by atoms with Gasteiger partial charge in [-0.15, -0.1) is 0 Å². The lowest BCUT2D eigenvalue weighted by molar-refractivity contribution is -0.167. The van der Waals surface area contributed by atoms with E-state index in [1.807, 2.05) is 0 Å². The van der Waals surface area contributed by atoms with Gasteiger partial charge in [-0.1, -0.05) is 285 Å². The van der Waals surface area contributed by atoms with Crippen molar-refractivity contribution in [1.82, 2.24) is 0 Å². The zero-order chi connectivity index (χ0) is 45.9. The molecule has 0 spiro atoms. The van der Waals surface area contributed by atoms with Crippen LogP contribution in [0.2, 0.25) is 0 Å². The van der Waals surface area contributed by atoms with Crippen LogP contribution in [0.4, 0.5) is 0 Å². The molecule has 0 bridgehead atoms. The standard InChI is InChI=1S/C57H110O6/c1-5-7-9-11-13-15-17-18-19-20-21-26-30-34-38-42-46-50-57(60)63-54(51-61-55(58)48-44-40-36-32-27-16-14-12-10-8-6-2)52-62-56(59)49-45-41-37-33-29-25-23-22-24-28-31-35-39-43-47-53(3)4/h53-54H,5-52H2,1-4H3/t54-/m1/s1. The maximum absolute atomic E-state index is 12.8. The van der Waals surface area contributed by atoms with E-state index < -0.39 is 6.10 Å². The molecule has 6 nitrogen and oxygen atoms in total. The molecular formula is C57H110O6. The Morgan fingerprint density at radius 3 is 0.778 bits per heavy atom. The van der Waals surface area contributed by atoms with Crippen LogP contribution < -0.4 is 0 Å². The SMILES string of the molecule is CCCCCCCCCCCCCCCCCCCC(=O)O[C@H](COC(=O)CCCCCCCCCCCCC)COC(=O)CCCCCCCCCCCCCCCCC(C)C. The number of hydrogen-bond donors (Lipinski definition) is 0. The minimum Gasteiger partial charge on any atom is -0.462 e. The fourth-order valence-corrected chi connectivity index (χ4v) is 8.75. The molecule has 1 atom stereocenters. The van der Waals surface area contributed by atoms with Crippen LogP contribution in [0.1, 0.15) is 323 Å². The van der Waals surface area contributed by atoms with E-state index in [0.717, 1.165) is 63.7 Å². The molecule has 0 saturated heterocycles. The normalized spacial score (nSPS) is 12.0. The number of esters is 3. The lowest BCUT2D eigenvalue weighted by Crippen LogP contribution is -2.30. The molecule has 0 fully saturated rings. The summed E-state index contributed by atoms with van der Waals surface area (Å²) in [6.45, 7) is 9.05. The molecule has 0 rings (SSSR count). The summed E-state index contributed by atoms with van der Waals surface area (Å²) in [6.07, 6.45) is 55.2. The van der Waals surface area contributed by atoms with Crippen molar-refractivity contribution in [3.8, 4) is 0 Å². The first kappa shape index (κ1) is 61.4. The third kappa shape index (κ3) is 51.3. The Hall–Kier alpha value is -1.59.